The quantitative estimate of drug-likeness (QED) is 0.690. The van der Waals surface area contributed by atoms with Crippen LogP contribution in [0.15, 0.2) is 27.6 Å². The summed E-state index contributed by atoms with van der Waals surface area (Å²) >= 11 is 3.11. The Bertz CT molecular complexity index is 567. The smallest absolute Gasteiger partial charge is 0.246 e. The van der Waals surface area contributed by atoms with Crippen LogP contribution in [0.1, 0.15) is 6.92 Å². The first-order valence-corrected chi connectivity index (χ1v) is 8.52. The molecular weight excluding hydrogens is 365 g/mol. The lowest BCUT2D eigenvalue weighted by molar-refractivity contribution is 0.119. The van der Waals surface area contributed by atoms with Crippen molar-refractivity contribution in [2.45, 2.75) is 17.9 Å². The van der Waals surface area contributed by atoms with E-state index in [2.05, 4.69) is 15.9 Å². The Morgan fingerprint density at radius 2 is 2.00 bits per heavy atom. The molecular formula is C13H19BrFNO4S. The number of ether oxygens (including phenoxy) is 2. The van der Waals surface area contributed by atoms with Crippen LogP contribution >= 0.6 is 15.9 Å². The molecule has 0 amide bonds. The molecule has 0 spiro atoms. The molecule has 0 aliphatic carbocycles. The fourth-order valence-electron chi connectivity index (χ4n) is 1.89. The van der Waals surface area contributed by atoms with Crippen molar-refractivity contribution >= 4 is 26.0 Å². The second kappa shape index (κ2) is 8.19. The molecule has 1 atom stereocenters. The molecule has 1 aromatic rings. The monoisotopic (exact) mass is 383 g/mol. The van der Waals surface area contributed by atoms with Gasteiger partial charge in [-0.05, 0) is 25.1 Å². The van der Waals surface area contributed by atoms with E-state index in [4.69, 9.17) is 9.47 Å². The number of benzene rings is 1. The summed E-state index contributed by atoms with van der Waals surface area (Å²) in [6, 6.07) is 3.43. The Hall–Kier alpha value is -0.540. The number of rotatable bonds is 8. The molecule has 1 aromatic carbocycles. The van der Waals surface area contributed by atoms with Gasteiger partial charge >= 0.3 is 0 Å². The van der Waals surface area contributed by atoms with Crippen LogP contribution in [0.4, 0.5) is 4.39 Å². The standard InChI is InChI=1S/C13H19BrFNO4S/c1-10(9-20-3)16(6-7-19-2)21(17,18)13-5-4-11(14)8-12(13)15/h4-5,8,10H,6-7,9H2,1-3H3. The van der Waals surface area contributed by atoms with Crippen molar-refractivity contribution in [2.75, 3.05) is 34.0 Å². The van der Waals surface area contributed by atoms with E-state index in [1.165, 1.54) is 30.7 Å². The largest absolute Gasteiger partial charge is 0.383 e. The van der Waals surface area contributed by atoms with Crippen molar-refractivity contribution in [3.8, 4) is 0 Å². The molecule has 21 heavy (non-hydrogen) atoms. The van der Waals surface area contributed by atoms with E-state index >= 15 is 0 Å². The molecule has 0 N–H and O–H groups in total. The van der Waals surface area contributed by atoms with Crippen LogP contribution in [0, 0.1) is 5.82 Å². The molecule has 8 heteroatoms. The van der Waals surface area contributed by atoms with Crippen molar-refractivity contribution < 1.29 is 22.3 Å². The number of hydrogen-bond acceptors (Lipinski definition) is 4. The first kappa shape index (κ1) is 18.5. The minimum atomic E-state index is -3.96. The Balaban J connectivity index is 3.19. The number of hydrogen-bond donors (Lipinski definition) is 0. The van der Waals surface area contributed by atoms with Gasteiger partial charge in [0, 0.05) is 31.3 Å². The summed E-state index contributed by atoms with van der Waals surface area (Å²) in [7, 11) is -1.00. The number of halogens is 2. The van der Waals surface area contributed by atoms with Gasteiger partial charge in [0.15, 0.2) is 0 Å². The summed E-state index contributed by atoms with van der Waals surface area (Å²) in [5.74, 6) is -0.795. The molecule has 0 fully saturated rings. The lowest BCUT2D eigenvalue weighted by Crippen LogP contribution is -2.43. The molecule has 0 aliphatic rings. The zero-order valence-electron chi connectivity index (χ0n) is 12.2. The second-order valence-electron chi connectivity index (χ2n) is 4.49. The Morgan fingerprint density at radius 3 is 2.52 bits per heavy atom. The first-order chi connectivity index (χ1) is 9.84. The average molecular weight is 384 g/mol. The molecule has 0 radical (unpaired) electrons. The van der Waals surface area contributed by atoms with E-state index < -0.39 is 21.9 Å². The van der Waals surface area contributed by atoms with Gasteiger partial charge in [-0.25, -0.2) is 12.8 Å². The highest BCUT2D eigenvalue weighted by Crippen LogP contribution is 2.24. The zero-order chi connectivity index (χ0) is 16.0. The minimum absolute atomic E-state index is 0.124. The van der Waals surface area contributed by atoms with Crippen molar-refractivity contribution in [1.82, 2.24) is 4.31 Å². The highest BCUT2D eigenvalue weighted by Gasteiger charge is 2.31. The fraction of sp³-hybridized carbons (Fsp3) is 0.538. The average Bonchev–Trinajstić information content (AvgIpc) is 2.38. The van der Waals surface area contributed by atoms with E-state index in [1.54, 1.807) is 6.92 Å². The fourth-order valence-corrected chi connectivity index (χ4v) is 3.87. The molecule has 120 valence electrons. The van der Waals surface area contributed by atoms with Crippen molar-refractivity contribution in [1.29, 1.82) is 0 Å². The van der Waals surface area contributed by atoms with E-state index in [9.17, 15) is 12.8 Å². The second-order valence-corrected chi connectivity index (χ2v) is 7.26. The minimum Gasteiger partial charge on any atom is -0.383 e. The van der Waals surface area contributed by atoms with Gasteiger partial charge in [0.05, 0.1) is 13.2 Å². The third-order valence-electron chi connectivity index (χ3n) is 2.90. The topological polar surface area (TPSA) is 55.8 Å². The number of sulfonamides is 1. The molecule has 1 unspecified atom stereocenters. The number of methoxy groups -OCH3 is 2. The van der Waals surface area contributed by atoms with Gasteiger partial charge in [-0.15, -0.1) is 0 Å². The maximum absolute atomic E-state index is 14.0. The normalized spacial score (nSPS) is 13.6. The highest BCUT2D eigenvalue weighted by atomic mass is 79.9. The Morgan fingerprint density at radius 1 is 1.33 bits per heavy atom. The van der Waals surface area contributed by atoms with E-state index in [-0.39, 0.29) is 24.7 Å². The van der Waals surface area contributed by atoms with Crippen LogP contribution in [0.5, 0.6) is 0 Å². The van der Waals surface area contributed by atoms with Crippen LogP contribution in [0.25, 0.3) is 0 Å². The van der Waals surface area contributed by atoms with E-state index in [0.717, 1.165) is 6.07 Å². The van der Waals surface area contributed by atoms with Crippen LogP contribution in [-0.4, -0.2) is 52.7 Å². The van der Waals surface area contributed by atoms with Crippen LogP contribution in [0.2, 0.25) is 0 Å². The lowest BCUT2D eigenvalue weighted by atomic mass is 10.3. The number of nitrogens with zero attached hydrogens (tertiary/aromatic N) is 1. The van der Waals surface area contributed by atoms with Crippen LogP contribution < -0.4 is 0 Å². The predicted octanol–water partition coefficient (Wildman–Crippen LogP) is 2.26. The van der Waals surface area contributed by atoms with Crippen molar-refractivity contribution in [3.63, 3.8) is 0 Å². The zero-order valence-corrected chi connectivity index (χ0v) is 14.6. The SMILES string of the molecule is COCCN(C(C)COC)S(=O)(=O)c1ccc(Br)cc1F. The summed E-state index contributed by atoms with van der Waals surface area (Å²) in [5.41, 5.74) is 0. The summed E-state index contributed by atoms with van der Waals surface area (Å²) in [4.78, 5) is -0.357. The van der Waals surface area contributed by atoms with Crippen molar-refractivity contribution in [2.24, 2.45) is 0 Å². The maximum Gasteiger partial charge on any atom is 0.246 e. The van der Waals surface area contributed by atoms with Gasteiger partial charge in [-0.2, -0.15) is 4.31 Å². The molecule has 1 rings (SSSR count). The van der Waals surface area contributed by atoms with E-state index in [0.29, 0.717) is 4.47 Å². The van der Waals surface area contributed by atoms with Gasteiger partial charge in [-0.3, -0.25) is 0 Å². The third-order valence-corrected chi connectivity index (χ3v) is 5.44. The van der Waals surface area contributed by atoms with Gasteiger partial charge < -0.3 is 9.47 Å². The maximum atomic E-state index is 14.0. The molecule has 0 saturated heterocycles. The van der Waals surface area contributed by atoms with Crippen LogP contribution in [0.3, 0.4) is 0 Å². The Labute approximate surface area is 133 Å². The first-order valence-electron chi connectivity index (χ1n) is 6.29. The van der Waals surface area contributed by atoms with Crippen LogP contribution in [-0.2, 0) is 19.5 Å². The summed E-state index contributed by atoms with van der Waals surface area (Å²) in [6.07, 6.45) is 0. The van der Waals surface area contributed by atoms with Gasteiger partial charge in [0.1, 0.15) is 10.7 Å². The lowest BCUT2D eigenvalue weighted by Gasteiger charge is -2.27. The molecule has 5 nitrogen and oxygen atoms in total. The van der Waals surface area contributed by atoms with Gasteiger partial charge in [0.2, 0.25) is 10.0 Å². The molecule has 0 aromatic heterocycles. The molecule has 0 heterocycles. The molecule has 0 bridgehead atoms. The van der Waals surface area contributed by atoms with Gasteiger partial charge in [-0.1, -0.05) is 15.9 Å². The summed E-state index contributed by atoms with van der Waals surface area (Å²) in [6.45, 7) is 2.25. The van der Waals surface area contributed by atoms with Gasteiger partial charge in [0.25, 0.3) is 0 Å². The Kier molecular flexibility index (Phi) is 7.22. The predicted molar refractivity (Wildman–Crippen MR) is 81.2 cm³/mol. The highest BCUT2D eigenvalue weighted by molar-refractivity contribution is 9.10. The molecule has 0 saturated carbocycles. The third kappa shape index (κ3) is 4.72. The summed E-state index contributed by atoms with van der Waals surface area (Å²) < 4.78 is 50.9. The van der Waals surface area contributed by atoms with Crippen molar-refractivity contribution in [3.05, 3.63) is 28.5 Å². The summed E-state index contributed by atoms with van der Waals surface area (Å²) in [5, 5.41) is 0. The van der Waals surface area contributed by atoms with E-state index in [1.807, 2.05) is 0 Å². The molecule has 0 aliphatic heterocycles.